The molecule has 0 aliphatic heterocycles. The minimum Gasteiger partial charge on any atom is -0.508 e. The van der Waals surface area contributed by atoms with Gasteiger partial charge in [0.15, 0.2) is 5.69 Å². The van der Waals surface area contributed by atoms with Crippen LogP contribution >= 0.6 is 11.5 Å². The maximum absolute atomic E-state index is 13.7. The number of rotatable bonds is 9. The number of methoxy groups -OCH3 is 1. The number of nitrogens with zero attached hydrogens (tertiary/aromatic N) is 2. The largest absolute Gasteiger partial charge is 0.508 e. The molecule has 6 N–H and O–H groups in total. The van der Waals surface area contributed by atoms with Gasteiger partial charge in [0, 0.05) is 19.3 Å². The number of aromatic hydroxyl groups is 1. The summed E-state index contributed by atoms with van der Waals surface area (Å²) in [6.45, 7) is 0.492. The second kappa shape index (κ2) is 10.6. The van der Waals surface area contributed by atoms with Crippen LogP contribution in [0.3, 0.4) is 0 Å². The number of anilines is 2. The molecule has 0 radical (unpaired) electrons. The van der Waals surface area contributed by atoms with E-state index in [0.717, 1.165) is 11.5 Å². The highest BCUT2D eigenvalue weighted by Crippen LogP contribution is 2.33. The zero-order valence-corrected chi connectivity index (χ0v) is 18.5. The smallest absolute Gasteiger partial charge is 0.273 e. The van der Waals surface area contributed by atoms with E-state index < -0.39 is 23.8 Å². The average Bonchev–Trinajstić information content (AvgIpc) is 3.20. The van der Waals surface area contributed by atoms with Crippen LogP contribution in [0, 0.1) is 0 Å². The molecule has 2 aromatic carbocycles. The summed E-state index contributed by atoms with van der Waals surface area (Å²) in [5.41, 5.74) is 11.8. The molecular weight excluding hydrogens is 446 g/mol. The molecule has 0 saturated carbocycles. The van der Waals surface area contributed by atoms with Gasteiger partial charge in [-0.2, -0.15) is 4.37 Å². The maximum Gasteiger partial charge on any atom is 0.273 e. The van der Waals surface area contributed by atoms with Gasteiger partial charge in [-0.3, -0.25) is 19.3 Å². The summed E-state index contributed by atoms with van der Waals surface area (Å²) in [6.07, 6.45) is 0. The molecular formula is C22H23N5O5S. The Balaban J connectivity index is 2.14. The highest BCUT2D eigenvalue weighted by molar-refractivity contribution is 7.09. The van der Waals surface area contributed by atoms with Crippen molar-refractivity contribution < 1.29 is 24.2 Å². The van der Waals surface area contributed by atoms with Gasteiger partial charge >= 0.3 is 0 Å². The zero-order chi connectivity index (χ0) is 24.0. The Morgan fingerprint density at radius 3 is 2.39 bits per heavy atom. The predicted octanol–water partition coefficient (Wildman–Crippen LogP) is 1.68. The van der Waals surface area contributed by atoms with Gasteiger partial charge in [-0.25, -0.2) is 0 Å². The Bertz CT molecular complexity index is 1130. The number of hydrogen-bond acceptors (Lipinski definition) is 8. The van der Waals surface area contributed by atoms with Crippen molar-refractivity contribution in [3.05, 3.63) is 70.7 Å². The van der Waals surface area contributed by atoms with E-state index in [1.807, 2.05) is 0 Å². The number of benzene rings is 2. The van der Waals surface area contributed by atoms with E-state index in [9.17, 15) is 19.5 Å². The number of nitrogens with one attached hydrogen (secondary N) is 1. The van der Waals surface area contributed by atoms with E-state index in [1.54, 1.807) is 42.5 Å². The summed E-state index contributed by atoms with van der Waals surface area (Å²) in [4.78, 5) is 39.9. The Morgan fingerprint density at radius 2 is 1.82 bits per heavy atom. The van der Waals surface area contributed by atoms with Crippen LogP contribution in [0.1, 0.15) is 31.8 Å². The van der Waals surface area contributed by atoms with Crippen molar-refractivity contribution in [3.8, 4) is 5.75 Å². The van der Waals surface area contributed by atoms with Crippen LogP contribution in [0.2, 0.25) is 0 Å². The minimum atomic E-state index is -1.13. The molecule has 0 unspecified atom stereocenters. The van der Waals surface area contributed by atoms with E-state index in [4.69, 9.17) is 16.2 Å². The van der Waals surface area contributed by atoms with Crippen LogP contribution in [-0.2, 0) is 9.53 Å². The Labute approximate surface area is 193 Å². The zero-order valence-electron chi connectivity index (χ0n) is 17.7. The number of phenols is 1. The van der Waals surface area contributed by atoms with Crippen molar-refractivity contribution in [2.75, 3.05) is 30.9 Å². The number of hydrogen-bond donors (Lipinski definition) is 4. The normalized spacial score (nSPS) is 11.5. The first-order valence-corrected chi connectivity index (χ1v) is 10.6. The summed E-state index contributed by atoms with van der Waals surface area (Å²) >= 11 is 0.725. The second-order valence-corrected chi connectivity index (χ2v) is 7.70. The molecule has 1 atom stereocenters. The van der Waals surface area contributed by atoms with Crippen LogP contribution in [-0.4, -0.2) is 47.5 Å². The molecule has 0 saturated heterocycles. The molecule has 172 valence electrons. The highest BCUT2D eigenvalue weighted by atomic mass is 32.1. The fourth-order valence-electron chi connectivity index (χ4n) is 3.16. The lowest BCUT2D eigenvalue weighted by molar-refractivity contribution is -0.122. The third kappa shape index (κ3) is 5.27. The molecule has 11 heteroatoms. The molecule has 1 heterocycles. The van der Waals surface area contributed by atoms with Crippen LogP contribution in [0.5, 0.6) is 5.75 Å². The summed E-state index contributed by atoms with van der Waals surface area (Å²) in [5.74, 6) is -1.97. The first-order valence-electron chi connectivity index (χ1n) is 9.84. The van der Waals surface area contributed by atoms with Crippen molar-refractivity contribution >= 4 is 40.6 Å². The molecule has 10 nitrogen and oxygen atoms in total. The van der Waals surface area contributed by atoms with Crippen molar-refractivity contribution in [2.45, 2.75) is 6.04 Å². The van der Waals surface area contributed by atoms with Gasteiger partial charge in [-0.1, -0.05) is 30.3 Å². The van der Waals surface area contributed by atoms with Gasteiger partial charge in [-0.15, -0.1) is 0 Å². The van der Waals surface area contributed by atoms with Crippen LogP contribution in [0.15, 0.2) is 54.6 Å². The number of phenolic OH excluding ortho intramolecular Hbond substituents is 1. The molecule has 33 heavy (non-hydrogen) atoms. The van der Waals surface area contributed by atoms with Gasteiger partial charge in [0.25, 0.3) is 11.8 Å². The lowest BCUT2D eigenvalue weighted by Crippen LogP contribution is -2.44. The van der Waals surface area contributed by atoms with Gasteiger partial charge in [0.05, 0.1) is 12.3 Å². The van der Waals surface area contributed by atoms with E-state index in [0.29, 0.717) is 11.3 Å². The Hall–Kier alpha value is -3.96. The number of carbonyl (C=O) groups excluding carboxylic acids is 3. The van der Waals surface area contributed by atoms with Gasteiger partial charge < -0.3 is 26.6 Å². The number of amides is 3. The van der Waals surface area contributed by atoms with E-state index in [1.165, 1.54) is 24.1 Å². The monoisotopic (exact) mass is 469 g/mol. The maximum atomic E-state index is 13.7. The SMILES string of the molecule is COCCNC(=O)[C@@H](c1ccc(O)cc1)N(C(=O)c1snc(C(N)=O)c1N)c1ccccc1. The first kappa shape index (κ1) is 23.7. The molecule has 0 bridgehead atoms. The van der Waals surface area contributed by atoms with E-state index >= 15 is 0 Å². The number of primary amides is 1. The number of nitrogen functional groups attached to an aromatic ring is 1. The van der Waals surface area contributed by atoms with Gasteiger partial charge in [0.1, 0.15) is 16.7 Å². The number of nitrogens with two attached hydrogens (primary N) is 2. The quantitative estimate of drug-likeness (QED) is 0.347. The molecule has 3 rings (SSSR count). The van der Waals surface area contributed by atoms with Crippen LogP contribution in [0.25, 0.3) is 0 Å². The summed E-state index contributed by atoms with van der Waals surface area (Å²) in [6, 6.07) is 13.3. The lowest BCUT2D eigenvalue weighted by Gasteiger charge is -2.31. The number of para-hydroxylation sites is 1. The molecule has 0 aliphatic carbocycles. The summed E-state index contributed by atoms with van der Waals surface area (Å²) < 4.78 is 8.91. The highest BCUT2D eigenvalue weighted by Gasteiger charge is 2.35. The molecule has 1 aromatic heterocycles. The topological polar surface area (TPSA) is 161 Å². The van der Waals surface area contributed by atoms with Crippen LogP contribution in [0.4, 0.5) is 11.4 Å². The summed E-state index contributed by atoms with van der Waals surface area (Å²) in [7, 11) is 1.51. The fraction of sp³-hybridized carbons (Fsp3) is 0.182. The first-order chi connectivity index (χ1) is 15.8. The predicted molar refractivity (Wildman–Crippen MR) is 124 cm³/mol. The van der Waals surface area contributed by atoms with Crippen molar-refractivity contribution in [1.29, 1.82) is 0 Å². The molecule has 0 aliphatic rings. The molecule has 3 aromatic rings. The van der Waals surface area contributed by atoms with Crippen LogP contribution < -0.4 is 21.7 Å². The van der Waals surface area contributed by atoms with E-state index in [-0.39, 0.29) is 35.2 Å². The minimum absolute atomic E-state index is 0.00711. The van der Waals surface area contributed by atoms with Crippen molar-refractivity contribution in [2.24, 2.45) is 5.73 Å². The van der Waals surface area contributed by atoms with Gasteiger partial charge in [0.2, 0.25) is 5.91 Å². The third-order valence-electron chi connectivity index (χ3n) is 4.73. The number of ether oxygens (including phenoxy) is 1. The molecule has 0 fully saturated rings. The lowest BCUT2D eigenvalue weighted by atomic mass is 10.0. The molecule has 0 spiro atoms. The Kier molecular flexibility index (Phi) is 7.59. The molecule has 3 amide bonds. The van der Waals surface area contributed by atoms with Crippen molar-refractivity contribution in [3.63, 3.8) is 0 Å². The van der Waals surface area contributed by atoms with Crippen molar-refractivity contribution in [1.82, 2.24) is 9.69 Å². The standard InChI is InChI=1S/C22H23N5O5S/c1-32-12-11-25-21(30)18(13-7-9-15(28)10-8-13)27(14-5-3-2-4-6-14)22(31)19-16(23)17(20(24)29)26-33-19/h2-10,18,28H,11-12,23H2,1H3,(H2,24,29)(H,25,30)/t18-/m1/s1. The summed E-state index contributed by atoms with van der Waals surface area (Å²) in [5, 5.41) is 12.5. The third-order valence-corrected chi connectivity index (χ3v) is 5.58. The van der Waals surface area contributed by atoms with Gasteiger partial charge in [-0.05, 0) is 41.4 Å². The van der Waals surface area contributed by atoms with E-state index in [2.05, 4.69) is 9.69 Å². The average molecular weight is 470 g/mol. The second-order valence-electron chi connectivity index (χ2n) is 6.93. The fourth-order valence-corrected chi connectivity index (χ4v) is 3.90. The number of aromatic nitrogens is 1. The Morgan fingerprint density at radius 1 is 1.15 bits per heavy atom. The number of carbonyl (C=O) groups is 3.